The van der Waals surface area contributed by atoms with Crippen molar-refractivity contribution in [2.45, 2.75) is 19.1 Å². The molecule has 6 nitrogen and oxygen atoms in total. The van der Waals surface area contributed by atoms with Crippen LogP contribution in [0.15, 0.2) is 30.3 Å². The van der Waals surface area contributed by atoms with Crippen LogP contribution < -0.4 is 5.32 Å². The average molecular weight is 281 g/mol. The fraction of sp³-hybridized carbons (Fsp3) is 0.250. The predicted molar refractivity (Wildman–Crippen MR) is 67.3 cm³/mol. The maximum absolute atomic E-state index is 11.4. The zero-order valence-corrected chi connectivity index (χ0v) is 10.8. The Morgan fingerprint density at radius 1 is 1.37 bits per heavy atom. The van der Waals surface area contributed by atoms with E-state index in [0.717, 1.165) is 5.56 Å². The molecule has 19 heavy (non-hydrogen) atoms. The van der Waals surface area contributed by atoms with Crippen molar-refractivity contribution in [2.24, 2.45) is 0 Å². The molecule has 0 aromatic heterocycles. The van der Waals surface area contributed by atoms with Crippen molar-refractivity contribution in [1.82, 2.24) is 5.32 Å². The molecular weight excluding hydrogens is 269 g/mol. The number of alkyl carbamates (subject to hydrolysis) is 1. The van der Waals surface area contributed by atoms with E-state index in [0.29, 0.717) is 0 Å². The molecule has 0 unspecified atom stereocenters. The van der Waals surface area contributed by atoms with Gasteiger partial charge in [0, 0.05) is 0 Å². The van der Waals surface area contributed by atoms with Crippen molar-refractivity contribution in [2.75, 3.05) is 0 Å². The van der Waals surface area contributed by atoms with Gasteiger partial charge in [0.2, 0.25) is 0 Å². The van der Waals surface area contributed by atoms with Crippen molar-refractivity contribution in [3.8, 4) is 5.63 Å². The average Bonchev–Trinajstić information content (AvgIpc) is 2.42. The summed E-state index contributed by atoms with van der Waals surface area (Å²) in [7, 11) is -0.404. The first-order valence-corrected chi connectivity index (χ1v) is 6.20. The van der Waals surface area contributed by atoms with Crippen molar-refractivity contribution in [3.63, 3.8) is 0 Å². The Morgan fingerprint density at radius 3 is 2.63 bits per heavy atom. The summed E-state index contributed by atoms with van der Waals surface area (Å²) < 4.78 is 15.0. The molecule has 1 rings (SSSR count). The summed E-state index contributed by atoms with van der Waals surface area (Å²) in [5.41, 5.74) is 3.07. The number of carboxylic acid groups (broad SMARTS) is 1. The van der Waals surface area contributed by atoms with E-state index < -0.39 is 26.0 Å². The summed E-state index contributed by atoms with van der Waals surface area (Å²) in [6, 6.07) is 7.78. The molecule has 1 aromatic carbocycles. The second-order valence-corrected chi connectivity index (χ2v) is 4.05. The van der Waals surface area contributed by atoms with E-state index in [2.05, 4.69) is 10.9 Å². The fourth-order valence-corrected chi connectivity index (χ4v) is 1.49. The molecule has 0 radical (unpaired) electrons. The van der Waals surface area contributed by atoms with Gasteiger partial charge in [0.15, 0.2) is 0 Å². The quantitative estimate of drug-likeness (QED) is 0.805. The number of carbonyl (C=O) groups is 2. The van der Waals surface area contributed by atoms with E-state index in [4.69, 9.17) is 9.84 Å². The Balaban J connectivity index is 2.46. The van der Waals surface area contributed by atoms with E-state index in [9.17, 15) is 14.2 Å². The summed E-state index contributed by atoms with van der Waals surface area (Å²) >= 11 is 0. The van der Waals surface area contributed by atoms with Gasteiger partial charge < -0.3 is 0 Å². The monoisotopic (exact) mass is 281 g/mol. The SMILES string of the molecule is O=P#CC[C@H](NC(=O)OCc1ccccc1)C(=O)O. The molecule has 0 aliphatic rings. The third-order valence-electron chi connectivity index (χ3n) is 2.16. The minimum atomic E-state index is -1.24. The Hall–Kier alpha value is -2.03. The fourth-order valence-electron chi connectivity index (χ4n) is 1.24. The van der Waals surface area contributed by atoms with Crippen LogP contribution in [0.2, 0.25) is 0 Å². The van der Waals surface area contributed by atoms with Crippen LogP contribution in [-0.2, 0) is 20.7 Å². The zero-order valence-electron chi connectivity index (χ0n) is 9.91. The normalized spacial score (nSPS) is 10.9. The van der Waals surface area contributed by atoms with Crippen molar-refractivity contribution < 1.29 is 24.0 Å². The van der Waals surface area contributed by atoms with Gasteiger partial charge in [-0.05, 0) is 0 Å². The number of hydrogen-bond donors (Lipinski definition) is 2. The summed E-state index contributed by atoms with van der Waals surface area (Å²) in [6.07, 6.45) is -1.01. The Bertz CT molecular complexity index is 539. The first-order chi connectivity index (χ1) is 9.13. The minimum absolute atomic E-state index is 0.0479. The van der Waals surface area contributed by atoms with Crippen LogP contribution >= 0.6 is 7.92 Å². The molecule has 0 heterocycles. The van der Waals surface area contributed by atoms with E-state index in [-0.39, 0.29) is 13.0 Å². The second kappa shape index (κ2) is 8.14. The van der Waals surface area contributed by atoms with E-state index >= 15 is 0 Å². The number of benzene rings is 1. The first-order valence-electron chi connectivity index (χ1n) is 5.38. The van der Waals surface area contributed by atoms with Crippen LogP contribution in [-0.4, -0.2) is 23.2 Å². The Kier molecular flexibility index (Phi) is 6.44. The molecule has 1 aromatic rings. The molecule has 0 aliphatic heterocycles. The van der Waals surface area contributed by atoms with Gasteiger partial charge in [0.25, 0.3) is 0 Å². The summed E-state index contributed by atoms with van der Waals surface area (Å²) in [5, 5.41) is 11.0. The zero-order chi connectivity index (χ0) is 14.1. The predicted octanol–water partition coefficient (Wildman–Crippen LogP) is 2.01. The molecule has 7 heteroatoms. The van der Waals surface area contributed by atoms with E-state index in [1.807, 2.05) is 6.07 Å². The van der Waals surface area contributed by atoms with Gasteiger partial charge in [0.05, 0.1) is 0 Å². The topological polar surface area (TPSA) is 92.7 Å². The van der Waals surface area contributed by atoms with Gasteiger partial charge in [0.1, 0.15) is 0 Å². The van der Waals surface area contributed by atoms with E-state index in [1.54, 1.807) is 24.3 Å². The molecule has 0 aliphatic carbocycles. The number of amides is 1. The molecule has 0 saturated heterocycles. The number of rotatable bonds is 5. The van der Waals surface area contributed by atoms with Crippen LogP contribution in [0, 0.1) is 5.63 Å². The van der Waals surface area contributed by atoms with Crippen LogP contribution in [0.5, 0.6) is 0 Å². The van der Waals surface area contributed by atoms with Crippen LogP contribution in [0.3, 0.4) is 0 Å². The number of carbonyl (C=O) groups excluding carboxylic acids is 1. The molecule has 0 bridgehead atoms. The van der Waals surface area contributed by atoms with Gasteiger partial charge in [-0.25, -0.2) is 0 Å². The van der Waals surface area contributed by atoms with E-state index in [1.165, 1.54) is 0 Å². The van der Waals surface area contributed by atoms with Crippen LogP contribution in [0.4, 0.5) is 4.79 Å². The number of ether oxygens (including phenoxy) is 1. The standard InChI is InChI=1S/C12H12NO5P/c14-11(15)10(6-7-19-17)13-12(16)18-8-9-4-2-1-3-5-9/h1-5,10H,6,8H2,(H,13,16)(H,14,15)/t10-/m0/s1. The second-order valence-electron chi connectivity index (χ2n) is 3.55. The number of nitrogens with one attached hydrogen (secondary N) is 1. The molecule has 1 atom stereocenters. The molecule has 100 valence electrons. The van der Waals surface area contributed by atoms with Gasteiger partial charge in [-0.2, -0.15) is 0 Å². The van der Waals surface area contributed by atoms with Gasteiger partial charge >= 0.3 is 110 Å². The molecule has 1 amide bonds. The summed E-state index contributed by atoms with van der Waals surface area (Å²) in [4.78, 5) is 22.2. The molecule has 0 saturated carbocycles. The number of carboxylic acids is 1. The Labute approximate surface area is 110 Å². The van der Waals surface area contributed by atoms with Gasteiger partial charge in [-0.3, -0.25) is 0 Å². The third-order valence-corrected chi connectivity index (χ3v) is 2.47. The first kappa shape index (κ1) is 15.0. The molecular formula is C12H12NO5P. The van der Waals surface area contributed by atoms with Crippen LogP contribution in [0.1, 0.15) is 12.0 Å². The molecule has 0 fully saturated rings. The van der Waals surface area contributed by atoms with Gasteiger partial charge in [-0.15, -0.1) is 0 Å². The van der Waals surface area contributed by atoms with Crippen molar-refractivity contribution in [1.29, 1.82) is 0 Å². The van der Waals surface area contributed by atoms with Crippen molar-refractivity contribution >= 4 is 20.0 Å². The number of hydrogen-bond acceptors (Lipinski definition) is 4. The Morgan fingerprint density at radius 2 is 2.05 bits per heavy atom. The molecule has 2 N–H and O–H groups in total. The number of aliphatic carboxylic acids is 1. The van der Waals surface area contributed by atoms with Crippen molar-refractivity contribution in [3.05, 3.63) is 35.9 Å². The van der Waals surface area contributed by atoms with Crippen LogP contribution in [0.25, 0.3) is 0 Å². The summed E-state index contributed by atoms with van der Waals surface area (Å²) in [5.74, 6) is -1.24. The third kappa shape index (κ3) is 5.91. The maximum atomic E-state index is 11.4. The van der Waals surface area contributed by atoms with Gasteiger partial charge in [-0.1, -0.05) is 0 Å². The molecule has 0 spiro atoms. The summed E-state index contributed by atoms with van der Waals surface area (Å²) in [6.45, 7) is 0.0479.